The van der Waals surface area contributed by atoms with Crippen LogP contribution in [0.1, 0.15) is 12.1 Å². The van der Waals surface area contributed by atoms with Gasteiger partial charge in [0.2, 0.25) is 0 Å². The molecular formula is C23H21N5O2. The van der Waals surface area contributed by atoms with E-state index in [2.05, 4.69) is 37.0 Å². The lowest BCUT2D eigenvalue weighted by Gasteiger charge is -2.18. The third-order valence-corrected chi connectivity index (χ3v) is 5.63. The molecule has 0 radical (unpaired) electrons. The zero-order valence-corrected chi connectivity index (χ0v) is 16.5. The van der Waals surface area contributed by atoms with Crippen LogP contribution in [0.4, 0.5) is 5.69 Å². The van der Waals surface area contributed by atoms with E-state index in [0.29, 0.717) is 13.0 Å². The fraction of sp³-hybridized carbons (Fsp3) is 0.217. The van der Waals surface area contributed by atoms with Crippen LogP contribution in [0, 0.1) is 12.8 Å². The third kappa shape index (κ3) is 3.28. The van der Waals surface area contributed by atoms with Crippen LogP contribution in [-0.4, -0.2) is 44.1 Å². The number of fused-ring (bicyclic) bond motifs is 1. The van der Waals surface area contributed by atoms with Crippen molar-refractivity contribution in [3.8, 4) is 22.6 Å². The van der Waals surface area contributed by atoms with Gasteiger partial charge in [0, 0.05) is 29.7 Å². The Balaban J connectivity index is 1.52. The Bertz CT molecular complexity index is 1250. The largest absolute Gasteiger partial charge is 0.481 e. The summed E-state index contributed by atoms with van der Waals surface area (Å²) in [5, 5.41) is 10.3. The second kappa shape index (κ2) is 7.26. The Morgan fingerprint density at radius 2 is 2.10 bits per heavy atom. The number of hydrogen-bond donors (Lipinski definition) is 2. The summed E-state index contributed by atoms with van der Waals surface area (Å²) in [5.74, 6) is -1.05. The number of H-pyrrole nitrogens is 1. The number of carboxylic acid groups (broad SMARTS) is 1. The van der Waals surface area contributed by atoms with E-state index in [1.54, 1.807) is 6.33 Å². The van der Waals surface area contributed by atoms with Crippen LogP contribution in [-0.2, 0) is 4.79 Å². The molecule has 1 aliphatic heterocycles. The van der Waals surface area contributed by atoms with Crippen LogP contribution >= 0.6 is 0 Å². The zero-order valence-electron chi connectivity index (χ0n) is 16.5. The van der Waals surface area contributed by atoms with Gasteiger partial charge in [-0.05, 0) is 43.7 Å². The maximum Gasteiger partial charge on any atom is 0.308 e. The summed E-state index contributed by atoms with van der Waals surface area (Å²) < 4.78 is 0. The molecule has 0 spiro atoms. The van der Waals surface area contributed by atoms with Gasteiger partial charge in [-0.25, -0.2) is 4.98 Å². The molecule has 150 valence electrons. The molecule has 4 heterocycles. The molecule has 0 amide bonds. The first-order chi connectivity index (χ1) is 14.6. The van der Waals surface area contributed by atoms with Crippen molar-refractivity contribution in [3.05, 3.63) is 60.7 Å². The summed E-state index contributed by atoms with van der Waals surface area (Å²) in [4.78, 5) is 30.3. The van der Waals surface area contributed by atoms with E-state index in [1.807, 2.05) is 43.5 Å². The number of aryl methyl sites for hydroxylation is 1. The molecule has 4 aromatic rings. The van der Waals surface area contributed by atoms with Crippen LogP contribution in [0.25, 0.3) is 33.5 Å². The molecule has 1 fully saturated rings. The minimum absolute atomic E-state index is 0.319. The van der Waals surface area contributed by atoms with Gasteiger partial charge in [-0.2, -0.15) is 0 Å². The zero-order chi connectivity index (χ0) is 20.7. The first-order valence-electron chi connectivity index (χ1n) is 9.94. The average Bonchev–Trinajstić information content (AvgIpc) is 3.43. The number of aromatic nitrogens is 4. The molecule has 1 atom stereocenters. The Morgan fingerprint density at radius 3 is 2.90 bits per heavy atom. The minimum Gasteiger partial charge on any atom is -0.481 e. The van der Waals surface area contributed by atoms with Crippen LogP contribution in [0.15, 0.2) is 55.0 Å². The van der Waals surface area contributed by atoms with Gasteiger partial charge in [-0.3, -0.25) is 14.8 Å². The fourth-order valence-electron chi connectivity index (χ4n) is 4.03. The third-order valence-electron chi connectivity index (χ3n) is 5.63. The van der Waals surface area contributed by atoms with Gasteiger partial charge in [-0.1, -0.05) is 12.1 Å². The van der Waals surface area contributed by atoms with Crippen molar-refractivity contribution in [2.24, 2.45) is 5.92 Å². The molecule has 5 rings (SSSR count). The van der Waals surface area contributed by atoms with E-state index in [1.165, 1.54) is 0 Å². The Hall–Kier alpha value is -3.74. The number of carboxylic acids is 1. The molecule has 2 N–H and O–H groups in total. The normalized spacial score (nSPS) is 16.3. The topological polar surface area (TPSA) is 95.0 Å². The van der Waals surface area contributed by atoms with Gasteiger partial charge in [0.05, 0.1) is 46.7 Å². The summed E-state index contributed by atoms with van der Waals surface area (Å²) in [7, 11) is 0. The second-order valence-corrected chi connectivity index (χ2v) is 7.66. The fourth-order valence-corrected chi connectivity index (χ4v) is 4.03. The van der Waals surface area contributed by atoms with E-state index in [-0.39, 0.29) is 5.92 Å². The van der Waals surface area contributed by atoms with E-state index >= 15 is 0 Å². The summed E-state index contributed by atoms with van der Waals surface area (Å²) in [6, 6.07) is 14.1. The van der Waals surface area contributed by atoms with E-state index < -0.39 is 5.97 Å². The molecule has 1 aliphatic rings. The Morgan fingerprint density at radius 1 is 1.20 bits per heavy atom. The number of rotatable bonds is 4. The molecule has 0 unspecified atom stereocenters. The Labute approximate surface area is 173 Å². The molecule has 30 heavy (non-hydrogen) atoms. The number of aromatic amines is 1. The molecular weight excluding hydrogens is 378 g/mol. The van der Waals surface area contributed by atoms with Gasteiger partial charge >= 0.3 is 5.97 Å². The highest BCUT2D eigenvalue weighted by Crippen LogP contribution is 2.32. The van der Waals surface area contributed by atoms with Crippen LogP contribution in [0.5, 0.6) is 0 Å². The van der Waals surface area contributed by atoms with E-state index in [9.17, 15) is 9.90 Å². The number of carbonyl (C=O) groups is 1. The highest BCUT2D eigenvalue weighted by molar-refractivity contribution is 5.88. The standard InChI is InChI=1S/C23H21N5O2/c1-14-3-2-4-20(27-14)22-21(25-13-26-22)15-5-6-19-17(9-15)10-18(11-24-19)28-8-7-16(12-28)23(29)30/h2-6,9-11,13,16H,7-8,12H2,1H3,(H,25,26)(H,29,30)/t16-/m0/s1. The van der Waals surface area contributed by atoms with Gasteiger partial charge in [0.15, 0.2) is 0 Å². The molecule has 1 aromatic carbocycles. The number of aliphatic carboxylic acids is 1. The number of anilines is 1. The number of hydrogen-bond acceptors (Lipinski definition) is 5. The van der Waals surface area contributed by atoms with Crippen molar-refractivity contribution >= 4 is 22.6 Å². The first kappa shape index (κ1) is 18.3. The Kier molecular flexibility index (Phi) is 4.43. The molecule has 7 nitrogen and oxygen atoms in total. The number of benzene rings is 1. The van der Waals surface area contributed by atoms with Crippen molar-refractivity contribution in [1.82, 2.24) is 19.9 Å². The quantitative estimate of drug-likeness (QED) is 0.540. The van der Waals surface area contributed by atoms with Crippen molar-refractivity contribution in [3.63, 3.8) is 0 Å². The van der Waals surface area contributed by atoms with Crippen LogP contribution in [0.3, 0.4) is 0 Å². The van der Waals surface area contributed by atoms with Crippen LogP contribution in [0.2, 0.25) is 0 Å². The monoisotopic (exact) mass is 399 g/mol. The number of imidazole rings is 1. The molecule has 0 saturated carbocycles. The number of nitrogens with zero attached hydrogens (tertiary/aromatic N) is 4. The highest BCUT2D eigenvalue weighted by Gasteiger charge is 2.28. The minimum atomic E-state index is -0.732. The van der Waals surface area contributed by atoms with Crippen LogP contribution < -0.4 is 4.90 Å². The van der Waals surface area contributed by atoms with Gasteiger partial charge in [-0.15, -0.1) is 0 Å². The summed E-state index contributed by atoms with van der Waals surface area (Å²) in [5.41, 5.74) is 6.34. The smallest absolute Gasteiger partial charge is 0.308 e. The molecule has 0 aliphatic carbocycles. The van der Waals surface area contributed by atoms with Gasteiger partial charge in [0.25, 0.3) is 0 Å². The molecule has 1 saturated heterocycles. The molecule has 3 aromatic heterocycles. The van der Waals surface area contributed by atoms with E-state index in [4.69, 9.17) is 0 Å². The lowest BCUT2D eigenvalue weighted by molar-refractivity contribution is -0.140. The highest BCUT2D eigenvalue weighted by atomic mass is 16.4. The summed E-state index contributed by atoms with van der Waals surface area (Å²) in [6.07, 6.45) is 4.17. The SMILES string of the molecule is Cc1cccc(-c2[nH]cnc2-c2ccc3ncc(N4CC[C@H](C(=O)O)C4)cc3c2)n1. The second-order valence-electron chi connectivity index (χ2n) is 7.66. The van der Waals surface area contributed by atoms with Crippen molar-refractivity contribution in [1.29, 1.82) is 0 Å². The maximum atomic E-state index is 11.3. The van der Waals surface area contributed by atoms with Gasteiger partial charge < -0.3 is 15.0 Å². The van der Waals surface area contributed by atoms with Gasteiger partial charge in [0.1, 0.15) is 0 Å². The average molecular weight is 399 g/mol. The summed E-state index contributed by atoms with van der Waals surface area (Å²) in [6.45, 7) is 3.22. The lowest BCUT2D eigenvalue weighted by atomic mass is 10.0. The van der Waals surface area contributed by atoms with E-state index in [0.717, 1.165) is 51.5 Å². The van der Waals surface area contributed by atoms with Crippen molar-refractivity contribution in [2.75, 3.05) is 18.0 Å². The predicted octanol–water partition coefficient (Wildman–Crippen LogP) is 3.91. The lowest BCUT2D eigenvalue weighted by Crippen LogP contribution is -2.22. The summed E-state index contributed by atoms with van der Waals surface area (Å²) >= 11 is 0. The predicted molar refractivity (Wildman–Crippen MR) is 115 cm³/mol. The number of nitrogens with one attached hydrogen (secondary N) is 1. The maximum absolute atomic E-state index is 11.3. The first-order valence-corrected chi connectivity index (χ1v) is 9.94. The van der Waals surface area contributed by atoms with Crippen molar-refractivity contribution in [2.45, 2.75) is 13.3 Å². The van der Waals surface area contributed by atoms with Crippen molar-refractivity contribution < 1.29 is 9.90 Å². The number of pyridine rings is 2. The molecule has 0 bridgehead atoms. The molecule has 7 heteroatoms.